The smallest absolute Gasteiger partial charge is 0.393 e. The number of carbonyl (C=O) groups excluding carboxylic acids is 1. The number of rotatable bonds is 5. The molecule has 2 N–H and O–H groups in total. The molecule has 0 aliphatic carbocycles. The van der Waals surface area contributed by atoms with E-state index in [-0.39, 0.29) is 23.9 Å². The zero-order valence-corrected chi connectivity index (χ0v) is 21.5. The second-order valence-corrected chi connectivity index (χ2v) is 10.5. The zero-order chi connectivity index (χ0) is 27.7. The molecule has 3 aliphatic heterocycles. The number of piperidine rings is 2. The Morgan fingerprint density at radius 2 is 1.62 bits per heavy atom. The maximum Gasteiger partial charge on any atom is 0.417 e. The normalized spacial score (nSPS) is 22.6. The molecule has 39 heavy (non-hydrogen) atoms. The number of hydrogen-bond acceptors (Lipinski definition) is 7. The molecular weight excluding hydrogens is 518 g/mol. The van der Waals surface area contributed by atoms with Crippen LogP contribution in [0.3, 0.4) is 0 Å². The van der Waals surface area contributed by atoms with Crippen LogP contribution in [-0.4, -0.2) is 93.6 Å². The molecule has 12 heteroatoms. The molecular formula is C27H33F4N5O3. The van der Waals surface area contributed by atoms with Gasteiger partial charge >= 0.3 is 6.18 Å². The molecule has 3 aliphatic rings. The fourth-order valence-corrected chi connectivity index (χ4v) is 5.68. The van der Waals surface area contributed by atoms with Crippen molar-refractivity contribution in [3.63, 3.8) is 0 Å². The lowest BCUT2D eigenvalue weighted by Crippen LogP contribution is -2.49. The summed E-state index contributed by atoms with van der Waals surface area (Å²) in [5.74, 6) is -1.11. The summed E-state index contributed by atoms with van der Waals surface area (Å²) >= 11 is 0. The van der Waals surface area contributed by atoms with Gasteiger partial charge in [-0.05, 0) is 49.4 Å². The van der Waals surface area contributed by atoms with Gasteiger partial charge < -0.3 is 20.0 Å². The second-order valence-electron chi connectivity index (χ2n) is 10.5. The van der Waals surface area contributed by atoms with Crippen LogP contribution in [0.15, 0.2) is 36.5 Å². The lowest BCUT2D eigenvalue weighted by Gasteiger charge is -2.39. The van der Waals surface area contributed by atoms with Gasteiger partial charge in [0.05, 0.1) is 11.7 Å². The topological polar surface area (TPSA) is 83.4 Å². The first-order valence-electron chi connectivity index (χ1n) is 13.3. The summed E-state index contributed by atoms with van der Waals surface area (Å²) in [5, 5.41) is 20.7. The van der Waals surface area contributed by atoms with Crippen LogP contribution in [0.1, 0.15) is 47.2 Å². The Bertz CT molecular complexity index is 1150. The number of nitrogens with zero attached hydrogens (tertiary/aromatic N) is 5. The van der Waals surface area contributed by atoms with Crippen LogP contribution in [-0.2, 0) is 12.7 Å². The number of carbonyl (C=O) groups is 1. The summed E-state index contributed by atoms with van der Waals surface area (Å²) in [5.41, 5.74) is 0.465. The molecule has 1 amide bonds. The number of pyridine rings is 1. The summed E-state index contributed by atoms with van der Waals surface area (Å²) in [7, 11) is 0. The van der Waals surface area contributed by atoms with Crippen LogP contribution in [0.4, 0.5) is 23.4 Å². The third-order valence-electron chi connectivity index (χ3n) is 7.99. The lowest BCUT2D eigenvalue weighted by atomic mass is 10.0. The Hall–Kier alpha value is -2.80. The number of aliphatic hydroxyl groups excluding tert-OH is 2. The van der Waals surface area contributed by atoms with Crippen molar-refractivity contribution in [3.8, 4) is 0 Å². The minimum atomic E-state index is -4.64. The van der Waals surface area contributed by atoms with Crippen molar-refractivity contribution in [2.45, 2.75) is 56.9 Å². The molecule has 0 spiro atoms. The Kier molecular flexibility index (Phi) is 8.08. The van der Waals surface area contributed by atoms with Crippen molar-refractivity contribution in [1.29, 1.82) is 0 Å². The Morgan fingerprint density at radius 1 is 0.949 bits per heavy atom. The first-order chi connectivity index (χ1) is 18.6. The third kappa shape index (κ3) is 6.19. The molecule has 1 aromatic carbocycles. The van der Waals surface area contributed by atoms with E-state index < -0.39 is 23.9 Å². The third-order valence-corrected chi connectivity index (χ3v) is 7.99. The number of alkyl halides is 3. The number of likely N-dealkylation sites (tertiary alicyclic amines) is 1. The second kappa shape index (κ2) is 11.4. The average Bonchev–Trinajstić information content (AvgIpc) is 3.28. The van der Waals surface area contributed by atoms with Crippen molar-refractivity contribution < 1.29 is 32.6 Å². The molecule has 4 heterocycles. The predicted molar refractivity (Wildman–Crippen MR) is 135 cm³/mol. The van der Waals surface area contributed by atoms with Crippen LogP contribution in [0.25, 0.3) is 0 Å². The predicted octanol–water partition coefficient (Wildman–Crippen LogP) is 2.90. The summed E-state index contributed by atoms with van der Waals surface area (Å²) in [6.07, 6.45) is -2.68. The molecule has 3 saturated heterocycles. The minimum Gasteiger partial charge on any atom is -0.393 e. The maximum absolute atomic E-state index is 14.4. The minimum absolute atomic E-state index is 0.0430. The summed E-state index contributed by atoms with van der Waals surface area (Å²) in [4.78, 5) is 23.8. The fourth-order valence-electron chi connectivity index (χ4n) is 5.68. The number of amides is 1. The number of anilines is 1. The average molecular weight is 552 g/mol. The van der Waals surface area contributed by atoms with Crippen LogP contribution < -0.4 is 4.90 Å². The largest absolute Gasteiger partial charge is 0.417 e. The molecule has 212 valence electrons. The van der Waals surface area contributed by atoms with E-state index in [1.54, 1.807) is 21.9 Å². The Morgan fingerprint density at radius 3 is 2.23 bits per heavy atom. The van der Waals surface area contributed by atoms with E-state index in [9.17, 15) is 32.6 Å². The summed E-state index contributed by atoms with van der Waals surface area (Å²) < 4.78 is 52.9. The lowest BCUT2D eigenvalue weighted by molar-refractivity contribution is -0.138. The van der Waals surface area contributed by atoms with E-state index in [0.717, 1.165) is 5.56 Å². The van der Waals surface area contributed by atoms with Gasteiger partial charge in [0, 0.05) is 63.6 Å². The van der Waals surface area contributed by atoms with Gasteiger partial charge in [-0.2, -0.15) is 13.2 Å². The molecule has 1 aromatic heterocycles. The first-order valence-corrected chi connectivity index (χ1v) is 13.3. The zero-order valence-electron chi connectivity index (χ0n) is 21.5. The molecule has 1 atom stereocenters. The summed E-state index contributed by atoms with van der Waals surface area (Å²) in [6.45, 7) is 3.78. The highest BCUT2D eigenvalue weighted by Crippen LogP contribution is 2.32. The van der Waals surface area contributed by atoms with Gasteiger partial charge in [0.15, 0.2) is 18.0 Å². The van der Waals surface area contributed by atoms with Gasteiger partial charge in [-0.25, -0.2) is 9.37 Å². The van der Waals surface area contributed by atoms with Gasteiger partial charge in [0.25, 0.3) is 5.91 Å². The van der Waals surface area contributed by atoms with Crippen molar-refractivity contribution in [3.05, 3.63) is 59.0 Å². The Labute approximate surface area is 224 Å². The monoisotopic (exact) mass is 551 g/mol. The molecule has 5 rings (SSSR count). The van der Waals surface area contributed by atoms with Gasteiger partial charge in [0.2, 0.25) is 0 Å². The molecule has 0 saturated carbocycles. The number of aromatic nitrogens is 1. The first kappa shape index (κ1) is 27.8. The van der Waals surface area contributed by atoms with E-state index in [1.807, 2.05) is 21.9 Å². The molecule has 3 fully saturated rings. The number of aliphatic hydroxyl groups is 2. The molecule has 0 radical (unpaired) electrons. The number of benzene rings is 1. The van der Waals surface area contributed by atoms with Gasteiger partial charge in [0.1, 0.15) is 0 Å². The molecule has 2 aromatic rings. The number of hydrogen-bond donors (Lipinski definition) is 2. The fraction of sp³-hybridized carbons (Fsp3) is 0.556. The van der Waals surface area contributed by atoms with Crippen molar-refractivity contribution in [2.75, 3.05) is 44.2 Å². The highest BCUT2D eigenvalue weighted by atomic mass is 19.4. The molecule has 0 bridgehead atoms. The van der Waals surface area contributed by atoms with Crippen molar-refractivity contribution in [1.82, 2.24) is 19.7 Å². The quantitative estimate of drug-likeness (QED) is 0.553. The highest BCUT2D eigenvalue weighted by molar-refractivity contribution is 5.94. The highest BCUT2D eigenvalue weighted by Gasteiger charge is 2.37. The SMILES string of the molecule is O=C(c1ccc(CN2CCN(C3CCN(c4ncc(C(F)(F)F)cc4F)CC3)C2O)cc1)N1CCC(O)CC1. The van der Waals surface area contributed by atoms with E-state index in [2.05, 4.69) is 4.98 Å². The Balaban J connectivity index is 1.13. The van der Waals surface area contributed by atoms with E-state index >= 15 is 0 Å². The van der Waals surface area contributed by atoms with Crippen LogP contribution >= 0.6 is 0 Å². The summed E-state index contributed by atoms with van der Waals surface area (Å²) in [6, 6.07) is 7.93. The molecule has 8 nitrogen and oxygen atoms in total. The standard InChI is InChI=1S/C27H33F4N5O3/c28-23-15-20(27(29,30)31)16-32-24(23)33-9-5-21(6-10-33)36-14-13-35(26(36)39)17-18-1-3-19(4-2-18)25(38)34-11-7-22(37)8-12-34/h1-4,15-16,21-22,26,37,39H,5-14,17H2. The van der Waals surface area contributed by atoms with Gasteiger partial charge in [-0.15, -0.1) is 0 Å². The number of halogens is 4. The van der Waals surface area contributed by atoms with E-state index in [0.29, 0.717) is 89.3 Å². The van der Waals surface area contributed by atoms with Crippen molar-refractivity contribution >= 4 is 11.7 Å². The van der Waals surface area contributed by atoms with E-state index in [4.69, 9.17) is 0 Å². The van der Waals surface area contributed by atoms with Crippen LogP contribution in [0.2, 0.25) is 0 Å². The van der Waals surface area contributed by atoms with Crippen LogP contribution in [0, 0.1) is 5.82 Å². The molecule has 1 unspecified atom stereocenters. The van der Waals surface area contributed by atoms with Gasteiger partial charge in [-0.3, -0.25) is 14.6 Å². The van der Waals surface area contributed by atoms with Gasteiger partial charge in [-0.1, -0.05) is 12.1 Å². The van der Waals surface area contributed by atoms with Crippen LogP contribution in [0.5, 0.6) is 0 Å². The maximum atomic E-state index is 14.4. The van der Waals surface area contributed by atoms with Crippen molar-refractivity contribution in [2.24, 2.45) is 0 Å². The van der Waals surface area contributed by atoms with E-state index in [1.165, 1.54) is 0 Å².